The van der Waals surface area contributed by atoms with Gasteiger partial charge in [0.15, 0.2) is 0 Å². The molecule has 150 valence electrons. The topological polar surface area (TPSA) is 96.1 Å². The van der Waals surface area contributed by atoms with Gasteiger partial charge in [-0.3, -0.25) is 10.1 Å². The number of nitrogens with one attached hydrogen (secondary N) is 1. The van der Waals surface area contributed by atoms with Crippen LogP contribution in [-0.4, -0.2) is 52.4 Å². The van der Waals surface area contributed by atoms with E-state index in [4.69, 9.17) is 5.73 Å². The molecule has 3 aromatic rings. The van der Waals surface area contributed by atoms with Crippen molar-refractivity contribution in [3.63, 3.8) is 0 Å². The highest BCUT2D eigenvalue weighted by molar-refractivity contribution is 6.11. The third-order valence-electron chi connectivity index (χ3n) is 5.06. The molecule has 29 heavy (non-hydrogen) atoms. The first-order chi connectivity index (χ1) is 14.0. The second kappa shape index (κ2) is 7.57. The minimum atomic E-state index is -2.60. The molecule has 0 spiro atoms. The summed E-state index contributed by atoms with van der Waals surface area (Å²) in [6.07, 6.45) is 4.29. The summed E-state index contributed by atoms with van der Waals surface area (Å²) < 4.78 is 26.9. The summed E-state index contributed by atoms with van der Waals surface area (Å²) in [5, 5.41) is 8.29. The number of benzene rings is 1. The van der Waals surface area contributed by atoms with Crippen molar-refractivity contribution in [3.05, 3.63) is 42.4 Å². The van der Waals surface area contributed by atoms with Crippen LogP contribution in [-0.2, 0) is 0 Å². The number of piperidine rings is 1. The number of fused-ring (bicyclic) bond motifs is 1. The number of aromatic amines is 1. The standard InChI is InChI=1S/C20H21F2N7/c1-24-11-14(10-23)13-2-3-16-15(8-13)19(28-27-16)17-9-18(26-12-25-17)29-6-4-20(21,22)5-7-29/h2-3,8-12H,4-7,23H2,1H3,(H,27,28). The molecule has 2 aromatic heterocycles. The zero-order valence-corrected chi connectivity index (χ0v) is 15.9. The van der Waals surface area contributed by atoms with Crippen LogP contribution in [0.15, 0.2) is 41.8 Å². The summed E-state index contributed by atoms with van der Waals surface area (Å²) in [6.45, 7) is 0.520. The van der Waals surface area contributed by atoms with Gasteiger partial charge in [-0.1, -0.05) is 6.07 Å². The Morgan fingerprint density at radius 2 is 2.03 bits per heavy atom. The second-order valence-corrected chi connectivity index (χ2v) is 6.95. The first-order valence-corrected chi connectivity index (χ1v) is 9.28. The largest absolute Gasteiger partial charge is 0.404 e. The van der Waals surface area contributed by atoms with Gasteiger partial charge >= 0.3 is 0 Å². The fraction of sp³-hybridized carbons (Fsp3) is 0.300. The van der Waals surface area contributed by atoms with E-state index >= 15 is 0 Å². The molecule has 0 radical (unpaired) electrons. The first-order valence-electron chi connectivity index (χ1n) is 9.28. The summed E-state index contributed by atoms with van der Waals surface area (Å²) >= 11 is 0. The van der Waals surface area contributed by atoms with E-state index in [9.17, 15) is 8.78 Å². The van der Waals surface area contributed by atoms with Gasteiger partial charge in [-0.05, 0) is 17.7 Å². The van der Waals surface area contributed by atoms with E-state index in [0.29, 0.717) is 17.2 Å². The van der Waals surface area contributed by atoms with E-state index in [1.54, 1.807) is 19.3 Å². The van der Waals surface area contributed by atoms with Gasteiger partial charge in [-0.15, -0.1) is 0 Å². The minimum Gasteiger partial charge on any atom is -0.404 e. The van der Waals surface area contributed by atoms with Crippen molar-refractivity contribution in [2.45, 2.75) is 18.8 Å². The van der Waals surface area contributed by atoms with Gasteiger partial charge in [0.25, 0.3) is 5.92 Å². The summed E-state index contributed by atoms with van der Waals surface area (Å²) in [5.74, 6) is -1.98. The zero-order valence-electron chi connectivity index (χ0n) is 15.9. The monoisotopic (exact) mass is 397 g/mol. The number of aromatic nitrogens is 4. The molecule has 1 aromatic carbocycles. The highest BCUT2D eigenvalue weighted by atomic mass is 19.3. The average molecular weight is 397 g/mol. The lowest BCUT2D eigenvalue weighted by molar-refractivity contribution is -0.0221. The molecular formula is C20H21F2N7. The van der Waals surface area contributed by atoms with Crippen molar-refractivity contribution in [1.29, 1.82) is 0 Å². The van der Waals surface area contributed by atoms with Crippen LogP contribution >= 0.6 is 0 Å². The molecule has 9 heteroatoms. The molecule has 0 unspecified atom stereocenters. The molecule has 0 bridgehead atoms. The number of H-pyrrole nitrogens is 1. The van der Waals surface area contributed by atoms with Gasteiger partial charge in [-0.2, -0.15) is 5.10 Å². The smallest absolute Gasteiger partial charge is 0.251 e. The van der Waals surface area contributed by atoms with Crippen LogP contribution in [0.2, 0.25) is 0 Å². The number of hydrogen-bond acceptors (Lipinski definition) is 6. The van der Waals surface area contributed by atoms with Crippen LogP contribution in [0.4, 0.5) is 14.6 Å². The van der Waals surface area contributed by atoms with Gasteiger partial charge in [0.1, 0.15) is 17.8 Å². The van der Waals surface area contributed by atoms with Crippen LogP contribution in [0.1, 0.15) is 18.4 Å². The van der Waals surface area contributed by atoms with Crippen molar-refractivity contribution in [1.82, 2.24) is 20.2 Å². The zero-order chi connectivity index (χ0) is 20.4. The Bertz CT molecular complexity index is 1080. The van der Waals surface area contributed by atoms with E-state index in [2.05, 4.69) is 25.2 Å². The lowest BCUT2D eigenvalue weighted by Gasteiger charge is -2.32. The number of nitrogens with two attached hydrogens (primary N) is 1. The van der Waals surface area contributed by atoms with E-state index in [0.717, 1.165) is 22.0 Å². The molecule has 0 saturated carbocycles. The summed E-state index contributed by atoms with van der Waals surface area (Å²) in [7, 11) is 1.68. The normalized spacial score (nSPS) is 17.3. The molecule has 1 aliphatic heterocycles. The average Bonchev–Trinajstić information content (AvgIpc) is 3.15. The van der Waals surface area contributed by atoms with Gasteiger partial charge in [0.05, 0.1) is 11.2 Å². The fourth-order valence-corrected chi connectivity index (χ4v) is 3.45. The number of alkyl halides is 2. The minimum absolute atomic E-state index is 0.172. The number of rotatable bonds is 4. The van der Waals surface area contributed by atoms with Crippen molar-refractivity contribution >= 4 is 28.5 Å². The molecule has 3 N–H and O–H groups in total. The molecule has 7 nitrogen and oxygen atoms in total. The molecule has 1 fully saturated rings. The van der Waals surface area contributed by atoms with Crippen molar-refractivity contribution in [3.8, 4) is 11.4 Å². The highest BCUT2D eigenvalue weighted by Gasteiger charge is 2.34. The molecule has 0 amide bonds. The van der Waals surface area contributed by atoms with Crippen LogP contribution < -0.4 is 10.6 Å². The van der Waals surface area contributed by atoms with Gasteiger partial charge in [0.2, 0.25) is 0 Å². The van der Waals surface area contributed by atoms with E-state index in [1.807, 2.05) is 23.1 Å². The number of anilines is 1. The highest BCUT2D eigenvalue weighted by Crippen LogP contribution is 2.32. The van der Waals surface area contributed by atoms with Crippen molar-refractivity contribution < 1.29 is 8.78 Å². The van der Waals surface area contributed by atoms with Crippen LogP contribution in [0.25, 0.3) is 27.9 Å². The number of allylic oxidation sites excluding steroid dienone is 1. The van der Waals surface area contributed by atoms with Gasteiger partial charge in [-0.25, -0.2) is 18.7 Å². The van der Waals surface area contributed by atoms with Crippen LogP contribution in [0.3, 0.4) is 0 Å². The first kappa shape index (κ1) is 19.0. The summed E-state index contributed by atoms with van der Waals surface area (Å²) in [6, 6.07) is 7.61. The van der Waals surface area contributed by atoms with Crippen molar-refractivity contribution in [2.24, 2.45) is 10.7 Å². The second-order valence-electron chi connectivity index (χ2n) is 6.95. The summed E-state index contributed by atoms with van der Waals surface area (Å²) in [4.78, 5) is 14.5. The Labute approximate surface area is 166 Å². The Morgan fingerprint density at radius 1 is 1.24 bits per heavy atom. The molecule has 1 aliphatic rings. The molecule has 0 aliphatic carbocycles. The quantitative estimate of drug-likeness (QED) is 0.659. The van der Waals surface area contributed by atoms with Crippen LogP contribution in [0, 0.1) is 0 Å². The maximum absolute atomic E-state index is 13.5. The van der Waals surface area contributed by atoms with E-state index in [-0.39, 0.29) is 25.9 Å². The van der Waals surface area contributed by atoms with E-state index < -0.39 is 5.92 Å². The SMILES string of the molecule is CN=CC(=CN)c1ccc2[nH]nc(-c3cc(N4CCC(F)(F)CC4)ncn3)c2c1. The van der Waals surface area contributed by atoms with Crippen molar-refractivity contribution in [2.75, 3.05) is 25.0 Å². The molecule has 4 rings (SSSR count). The lowest BCUT2D eigenvalue weighted by atomic mass is 10.0. The molecular weight excluding hydrogens is 376 g/mol. The lowest BCUT2D eigenvalue weighted by Crippen LogP contribution is -2.39. The molecule has 1 saturated heterocycles. The Morgan fingerprint density at radius 3 is 2.76 bits per heavy atom. The number of hydrogen-bond donors (Lipinski definition) is 2. The third kappa shape index (κ3) is 3.80. The van der Waals surface area contributed by atoms with Gasteiger partial charge < -0.3 is 10.6 Å². The van der Waals surface area contributed by atoms with E-state index in [1.165, 1.54) is 12.5 Å². The van der Waals surface area contributed by atoms with Gasteiger partial charge in [0, 0.05) is 62.4 Å². The predicted molar refractivity (Wildman–Crippen MR) is 110 cm³/mol. The third-order valence-corrected chi connectivity index (χ3v) is 5.06. The Kier molecular flexibility index (Phi) is 4.96. The maximum atomic E-state index is 13.5. The predicted octanol–water partition coefficient (Wildman–Crippen LogP) is 3.26. The maximum Gasteiger partial charge on any atom is 0.251 e. The number of aliphatic imine (C=N–C) groups is 1. The molecule has 0 atom stereocenters. The number of nitrogens with zero attached hydrogens (tertiary/aromatic N) is 5. The Balaban J connectivity index is 1.70. The van der Waals surface area contributed by atoms with Crippen LogP contribution in [0.5, 0.6) is 0 Å². The summed E-state index contributed by atoms with van der Waals surface area (Å²) in [5.41, 5.74) is 9.56. The molecule has 3 heterocycles. The fourth-order valence-electron chi connectivity index (χ4n) is 3.45. The Hall–Kier alpha value is -3.36. The number of halogens is 2.